The monoisotopic (exact) mass is 169 g/mol. The van der Waals surface area contributed by atoms with Gasteiger partial charge in [-0.2, -0.15) is 0 Å². The van der Waals surface area contributed by atoms with Crippen LogP contribution in [0.2, 0.25) is 5.02 Å². The first-order valence-corrected chi connectivity index (χ1v) is 4.08. The summed E-state index contributed by atoms with van der Waals surface area (Å²) in [6, 6.07) is 3.88. The van der Waals surface area contributed by atoms with Crippen molar-refractivity contribution >= 4 is 17.3 Å². The van der Waals surface area contributed by atoms with Gasteiger partial charge < -0.3 is 5.73 Å². The minimum Gasteiger partial charge on any atom is -0.398 e. The zero-order valence-corrected chi connectivity index (χ0v) is 7.57. The predicted octanol–water partition coefficient (Wildman–Crippen LogP) is 2.79. The molecule has 1 aromatic rings. The summed E-state index contributed by atoms with van der Waals surface area (Å²) in [4.78, 5) is 0. The van der Waals surface area contributed by atoms with E-state index in [1.165, 1.54) is 5.56 Å². The number of hydrogen-bond acceptors (Lipinski definition) is 1. The number of anilines is 1. The smallest absolute Gasteiger partial charge is 0.0667 e. The van der Waals surface area contributed by atoms with E-state index in [-0.39, 0.29) is 0 Å². The van der Waals surface area contributed by atoms with Gasteiger partial charge in [0.25, 0.3) is 0 Å². The van der Waals surface area contributed by atoms with Gasteiger partial charge in [0, 0.05) is 0 Å². The van der Waals surface area contributed by atoms with E-state index >= 15 is 0 Å². The van der Waals surface area contributed by atoms with E-state index in [9.17, 15) is 0 Å². The molecule has 0 atom stereocenters. The Hall–Kier alpha value is -0.690. The van der Waals surface area contributed by atoms with E-state index in [1.807, 2.05) is 19.1 Å². The summed E-state index contributed by atoms with van der Waals surface area (Å²) in [5.41, 5.74) is 8.65. The van der Waals surface area contributed by atoms with Crippen LogP contribution in [0.15, 0.2) is 12.1 Å². The molecule has 0 saturated heterocycles. The van der Waals surface area contributed by atoms with Gasteiger partial charge in [-0.25, -0.2) is 0 Å². The fourth-order valence-corrected chi connectivity index (χ4v) is 1.31. The standard InChI is InChI=1S/C9H12ClN/c1-3-7-4-5-8(11)9(10)6(7)2/h4-5H,3,11H2,1-2H3. The molecule has 0 heterocycles. The second-order valence-electron chi connectivity index (χ2n) is 2.61. The number of halogens is 1. The van der Waals surface area contributed by atoms with Gasteiger partial charge in [0.1, 0.15) is 0 Å². The molecule has 2 heteroatoms. The summed E-state index contributed by atoms with van der Waals surface area (Å²) in [6.07, 6.45) is 1.01. The molecule has 0 aliphatic carbocycles. The third kappa shape index (κ3) is 1.48. The van der Waals surface area contributed by atoms with Crippen LogP contribution in [0.1, 0.15) is 18.1 Å². The quantitative estimate of drug-likeness (QED) is 0.643. The summed E-state index contributed by atoms with van der Waals surface area (Å²) in [7, 11) is 0. The first-order chi connectivity index (χ1) is 5.16. The van der Waals surface area contributed by atoms with Crippen LogP contribution in [0, 0.1) is 6.92 Å². The van der Waals surface area contributed by atoms with Crippen molar-refractivity contribution < 1.29 is 0 Å². The summed E-state index contributed by atoms with van der Waals surface area (Å²) >= 11 is 5.94. The maximum atomic E-state index is 5.94. The predicted molar refractivity (Wildman–Crippen MR) is 50.0 cm³/mol. The minimum absolute atomic E-state index is 0.668. The molecule has 0 saturated carbocycles. The number of nitrogen functional groups attached to an aromatic ring is 1. The molecule has 0 aliphatic rings. The average Bonchev–Trinajstić information content (AvgIpc) is 2.01. The van der Waals surface area contributed by atoms with E-state index < -0.39 is 0 Å². The summed E-state index contributed by atoms with van der Waals surface area (Å²) < 4.78 is 0. The Kier molecular flexibility index (Phi) is 2.40. The number of hydrogen-bond donors (Lipinski definition) is 1. The van der Waals surface area contributed by atoms with Gasteiger partial charge in [0.15, 0.2) is 0 Å². The Morgan fingerprint density at radius 1 is 1.45 bits per heavy atom. The molecule has 1 nitrogen and oxygen atoms in total. The lowest BCUT2D eigenvalue weighted by atomic mass is 10.1. The van der Waals surface area contributed by atoms with Crippen molar-refractivity contribution in [2.45, 2.75) is 20.3 Å². The Morgan fingerprint density at radius 3 is 2.64 bits per heavy atom. The topological polar surface area (TPSA) is 26.0 Å². The van der Waals surface area contributed by atoms with Crippen LogP contribution < -0.4 is 5.73 Å². The lowest BCUT2D eigenvalue weighted by molar-refractivity contribution is 1.11. The van der Waals surface area contributed by atoms with Crippen molar-refractivity contribution in [3.63, 3.8) is 0 Å². The van der Waals surface area contributed by atoms with Gasteiger partial charge in [-0.15, -0.1) is 0 Å². The Labute approximate surface area is 72.2 Å². The van der Waals surface area contributed by atoms with Crippen molar-refractivity contribution in [1.82, 2.24) is 0 Å². The molecule has 1 rings (SSSR count). The molecule has 11 heavy (non-hydrogen) atoms. The molecule has 60 valence electrons. The summed E-state index contributed by atoms with van der Waals surface area (Å²) in [5, 5.41) is 0.698. The van der Waals surface area contributed by atoms with Crippen LogP contribution >= 0.6 is 11.6 Å². The lowest BCUT2D eigenvalue weighted by Gasteiger charge is -2.06. The summed E-state index contributed by atoms with van der Waals surface area (Å²) in [5.74, 6) is 0. The van der Waals surface area contributed by atoms with Crippen molar-refractivity contribution in [3.05, 3.63) is 28.3 Å². The Bertz CT molecular complexity index is 269. The molecule has 0 amide bonds. The molecule has 0 spiro atoms. The lowest BCUT2D eigenvalue weighted by Crippen LogP contribution is -1.92. The second-order valence-corrected chi connectivity index (χ2v) is 2.98. The highest BCUT2D eigenvalue weighted by molar-refractivity contribution is 6.33. The minimum atomic E-state index is 0.668. The van der Waals surface area contributed by atoms with Crippen molar-refractivity contribution in [1.29, 1.82) is 0 Å². The SMILES string of the molecule is CCc1ccc(N)c(Cl)c1C. The van der Waals surface area contributed by atoms with Crippen molar-refractivity contribution in [3.8, 4) is 0 Å². The van der Waals surface area contributed by atoms with E-state index in [0.717, 1.165) is 12.0 Å². The van der Waals surface area contributed by atoms with Crippen molar-refractivity contribution in [2.75, 3.05) is 5.73 Å². The van der Waals surface area contributed by atoms with Crippen LogP contribution in [0.4, 0.5) is 5.69 Å². The molecule has 1 aromatic carbocycles. The van der Waals surface area contributed by atoms with Gasteiger partial charge in [0.2, 0.25) is 0 Å². The molecule has 0 fully saturated rings. The molecule has 0 radical (unpaired) electrons. The fraction of sp³-hybridized carbons (Fsp3) is 0.333. The largest absolute Gasteiger partial charge is 0.398 e. The molecule has 0 bridgehead atoms. The van der Waals surface area contributed by atoms with Gasteiger partial charge >= 0.3 is 0 Å². The average molecular weight is 170 g/mol. The molecule has 0 aromatic heterocycles. The maximum absolute atomic E-state index is 5.94. The molecule has 0 aliphatic heterocycles. The van der Waals surface area contributed by atoms with Crippen molar-refractivity contribution in [2.24, 2.45) is 0 Å². The number of benzene rings is 1. The third-order valence-electron chi connectivity index (χ3n) is 1.91. The van der Waals surface area contributed by atoms with E-state index in [0.29, 0.717) is 10.7 Å². The molecular weight excluding hydrogens is 158 g/mol. The molecule has 0 unspecified atom stereocenters. The first kappa shape index (κ1) is 8.41. The van der Waals surface area contributed by atoms with E-state index in [4.69, 9.17) is 17.3 Å². The summed E-state index contributed by atoms with van der Waals surface area (Å²) in [6.45, 7) is 4.10. The van der Waals surface area contributed by atoms with Crippen LogP contribution in [0.5, 0.6) is 0 Å². The zero-order valence-electron chi connectivity index (χ0n) is 6.82. The highest BCUT2D eigenvalue weighted by Crippen LogP contribution is 2.25. The maximum Gasteiger partial charge on any atom is 0.0667 e. The van der Waals surface area contributed by atoms with E-state index in [2.05, 4.69) is 6.92 Å². The second kappa shape index (κ2) is 3.14. The Balaban J connectivity index is 3.25. The van der Waals surface area contributed by atoms with Gasteiger partial charge in [0.05, 0.1) is 10.7 Å². The zero-order chi connectivity index (χ0) is 8.43. The molecule has 2 N–H and O–H groups in total. The van der Waals surface area contributed by atoms with E-state index in [1.54, 1.807) is 0 Å². The highest BCUT2D eigenvalue weighted by atomic mass is 35.5. The molecular formula is C9H12ClN. The first-order valence-electron chi connectivity index (χ1n) is 3.70. The van der Waals surface area contributed by atoms with Crippen LogP contribution in [-0.4, -0.2) is 0 Å². The number of aryl methyl sites for hydroxylation is 1. The Morgan fingerprint density at radius 2 is 2.09 bits per heavy atom. The van der Waals surface area contributed by atoms with Crippen LogP contribution in [-0.2, 0) is 6.42 Å². The number of rotatable bonds is 1. The highest BCUT2D eigenvalue weighted by Gasteiger charge is 2.02. The number of nitrogens with two attached hydrogens (primary N) is 1. The van der Waals surface area contributed by atoms with Gasteiger partial charge in [-0.1, -0.05) is 24.6 Å². The van der Waals surface area contributed by atoms with Gasteiger partial charge in [-0.3, -0.25) is 0 Å². The third-order valence-corrected chi connectivity index (χ3v) is 2.41. The normalized spacial score (nSPS) is 10.1. The van der Waals surface area contributed by atoms with Gasteiger partial charge in [-0.05, 0) is 30.5 Å². The van der Waals surface area contributed by atoms with Crippen LogP contribution in [0.3, 0.4) is 0 Å². The fourth-order valence-electron chi connectivity index (χ4n) is 1.13. The van der Waals surface area contributed by atoms with Crippen LogP contribution in [0.25, 0.3) is 0 Å².